The van der Waals surface area contributed by atoms with E-state index in [4.69, 9.17) is 9.47 Å². The van der Waals surface area contributed by atoms with Crippen molar-refractivity contribution in [1.82, 2.24) is 25.4 Å². The molecule has 1 aromatic heterocycles. The molecule has 0 spiro atoms. The van der Waals surface area contributed by atoms with Gasteiger partial charge in [-0.1, -0.05) is 13.0 Å². The number of ether oxygens (including phenoxy) is 2. The highest BCUT2D eigenvalue weighted by molar-refractivity contribution is 14.0. The number of hydrogen-bond acceptors (Lipinski definition) is 5. The van der Waals surface area contributed by atoms with Crippen molar-refractivity contribution in [3.8, 4) is 5.75 Å². The number of aromatic nitrogens is 3. The van der Waals surface area contributed by atoms with Crippen molar-refractivity contribution in [3.63, 3.8) is 0 Å². The molecule has 29 heavy (non-hydrogen) atoms. The van der Waals surface area contributed by atoms with Gasteiger partial charge in [0.1, 0.15) is 12.2 Å². The van der Waals surface area contributed by atoms with Crippen LogP contribution in [0.25, 0.3) is 0 Å². The fraction of sp³-hybridized carbons (Fsp3) is 0.526. The van der Waals surface area contributed by atoms with Gasteiger partial charge in [0, 0.05) is 26.6 Å². The maximum Gasteiger partial charge on any atom is 0.191 e. The van der Waals surface area contributed by atoms with Gasteiger partial charge in [0.2, 0.25) is 0 Å². The van der Waals surface area contributed by atoms with Gasteiger partial charge >= 0.3 is 0 Å². The Kier molecular flexibility index (Phi) is 11.5. The lowest BCUT2D eigenvalue weighted by Gasteiger charge is -2.19. The third kappa shape index (κ3) is 7.77. The van der Waals surface area contributed by atoms with Gasteiger partial charge in [0.25, 0.3) is 0 Å². The minimum absolute atomic E-state index is 0. The zero-order valence-corrected chi connectivity index (χ0v) is 19.6. The van der Waals surface area contributed by atoms with Crippen LogP contribution in [0.1, 0.15) is 31.3 Å². The van der Waals surface area contributed by atoms with Gasteiger partial charge in [0.05, 0.1) is 26.3 Å². The molecule has 1 atom stereocenters. The normalized spacial score (nSPS) is 12.2. The first kappa shape index (κ1) is 25.1. The molecule has 0 amide bonds. The molecular weight excluding hydrogens is 490 g/mol. The van der Waals surface area contributed by atoms with E-state index in [1.807, 2.05) is 24.5 Å². The Morgan fingerprint density at radius 1 is 1.34 bits per heavy atom. The van der Waals surface area contributed by atoms with Crippen molar-refractivity contribution >= 4 is 29.9 Å². The minimum Gasteiger partial charge on any atom is -0.494 e. The summed E-state index contributed by atoms with van der Waals surface area (Å²) in [6.45, 7) is 6.39. The molecule has 1 aromatic carbocycles. The lowest BCUT2D eigenvalue weighted by Crippen LogP contribution is -2.40. The predicted octanol–water partition coefficient (Wildman–Crippen LogP) is 2.55. The van der Waals surface area contributed by atoms with Crippen LogP contribution >= 0.6 is 24.0 Å². The van der Waals surface area contributed by atoms with Gasteiger partial charge in [-0.25, -0.2) is 4.39 Å². The number of guanidine groups is 1. The molecular formula is C19H30FIN6O2. The number of benzene rings is 1. The fourth-order valence-electron chi connectivity index (χ4n) is 2.68. The van der Waals surface area contributed by atoms with Crippen molar-refractivity contribution in [2.24, 2.45) is 4.99 Å². The number of methoxy groups -OCH3 is 2. The summed E-state index contributed by atoms with van der Waals surface area (Å²) >= 11 is 0. The Hall–Kier alpha value is -1.95. The summed E-state index contributed by atoms with van der Waals surface area (Å²) in [6.07, 6.45) is 2.55. The van der Waals surface area contributed by atoms with Crippen molar-refractivity contribution < 1.29 is 13.9 Å². The van der Waals surface area contributed by atoms with Crippen LogP contribution in [0.4, 0.5) is 4.39 Å². The van der Waals surface area contributed by atoms with Crippen LogP contribution in [0.3, 0.4) is 0 Å². The molecule has 0 saturated heterocycles. The monoisotopic (exact) mass is 520 g/mol. The second-order valence-corrected chi connectivity index (χ2v) is 6.20. The summed E-state index contributed by atoms with van der Waals surface area (Å²) in [4.78, 5) is 4.51. The molecule has 2 aromatic rings. The first-order chi connectivity index (χ1) is 13.6. The molecule has 2 N–H and O–H groups in total. The molecule has 1 heterocycles. The molecule has 0 aliphatic heterocycles. The Morgan fingerprint density at radius 3 is 2.79 bits per heavy atom. The molecule has 2 rings (SSSR count). The topological polar surface area (TPSA) is 85.6 Å². The third-order valence-electron chi connectivity index (χ3n) is 4.25. The molecule has 8 nitrogen and oxygen atoms in total. The zero-order valence-electron chi connectivity index (χ0n) is 17.3. The number of aryl methyl sites for hydroxylation is 1. The second-order valence-electron chi connectivity index (χ2n) is 6.20. The van der Waals surface area contributed by atoms with E-state index in [0.29, 0.717) is 32.2 Å². The number of nitrogens with zero attached hydrogens (tertiary/aromatic N) is 4. The number of rotatable bonds is 10. The number of nitrogens with one attached hydrogen (secondary N) is 2. The van der Waals surface area contributed by atoms with Gasteiger partial charge in [-0.3, -0.25) is 4.99 Å². The Labute approximate surface area is 188 Å². The van der Waals surface area contributed by atoms with E-state index in [-0.39, 0.29) is 41.6 Å². The van der Waals surface area contributed by atoms with Crippen molar-refractivity contribution in [2.75, 3.05) is 33.9 Å². The summed E-state index contributed by atoms with van der Waals surface area (Å²) in [5.74, 6) is 1.41. The van der Waals surface area contributed by atoms with Crippen LogP contribution in [0.5, 0.6) is 5.75 Å². The van der Waals surface area contributed by atoms with E-state index in [2.05, 4.69) is 25.8 Å². The molecule has 0 bridgehead atoms. The lowest BCUT2D eigenvalue weighted by atomic mass is 10.1. The summed E-state index contributed by atoms with van der Waals surface area (Å²) in [5.41, 5.74) is 0.798. The standard InChI is InChI=1S/C19H29FN6O2.HI/c1-5-18-25-23-13-26(18)10-8-21-19(22-9-11-27-3)24-14(2)15-6-7-17(28-4)16(20)12-15;/h6-7,12-14H,5,8-11H2,1-4H3,(H2,21,22,24);1H. The summed E-state index contributed by atoms with van der Waals surface area (Å²) in [5, 5.41) is 14.6. The molecule has 162 valence electrons. The van der Waals surface area contributed by atoms with Crippen molar-refractivity contribution in [1.29, 1.82) is 0 Å². The SMILES string of the molecule is CCc1nncn1CCNC(=NCCOC)NC(C)c1ccc(OC)c(F)c1.I. The maximum atomic E-state index is 14.0. The first-order valence-corrected chi connectivity index (χ1v) is 9.32. The van der Waals surface area contributed by atoms with E-state index in [1.165, 1.54) is 13.2 Å². The van der Waals surface area contributed by atoms with Gasteiger partial charge in [-0.15, -0.1) is 34.2 Å². The molecule has 0 aliphatic carbocycles. The number of hydrogen-bond donors (Lipinski definition) is 2. The smallest absolute Gasteiger partial charge is 0.191 e. The van der Waals surface area contributed by atoms with Crippen molar-refractivity contribution in [2.45, 2.75) is 32.9 Å². The van der Waals surface area contributed by atoms with Crippen molar-refractivity contribution in [3.05, 3.63) is 41.7 Å². The zero-order chi connectivity index (χ0) is 20.4. The summed E-state index contributed by atoms with van der Waals surface area (Å²) < 4.78 is 26.0. The van der Waals surface area contributed by atoms with E-state index in [1.54, 1.807) is 19.5 Å². The first-order valence-electron chi connectivity index (χ1n) is 9.32. The van der Waals surface area contributed by atoms with Gasteiger partial charge < -0.3 is 24.7 Å². The Bertz CT molecular complexity index is 771. The second kappa shape index (κ2) is 13.3. The summed E-state index contributed by atoms with van der Waals surface area (Å²) in [7, 11) is 3.08. The maximum absolute atomic E-state index is 14.0. The number of halogens is 2. The van der Waals surface area contributed by atoms with Crippen LogP contribution in [0, 0.1) is 5.82 Å². The molecule has 0 aliphatic rings. The van der Waals surface area contributed by atoms with E-state index >= 15 is 0 Å². The Morgan fingerprint density at radius 2 is 2.14 bits per heavy atom. The lowest BCUT2D eigenvalue weighted by molar-refractivity contribution is 0.208. The minimum atomic E-state index is -0.390. The average molecular weight is 520 g/mol. The molecule has 0 saturated carbocycles. The van der Waals surface area contributed by atoms with Crippen LogP contribution < -0.4 is 15.4 Å². The quantitative estimate of drug-likeness (QED) is 0.217. The van der Waals surface area contributed by atoms with Gasteiger partial charge in [0.15, 0.2) is 17.5 Å². The van der Waals surface area contributed by atoms with E-state index in [9.17, 15) is 4.39 Å². The third-order valence-corrected chi connectivity index (χ3v) is 4.25. The van der Waals surface area contributed by atoms with Crippen LogP contribution in [-0.2, 0) is 17.7 Å². The summed E-state index contributed by atoms with van der Waals surface area (Å²) in [6, 6.07) is 4.77. The predicted molar refractivity (Wildman–Crippen MR) is 121 cm³/mol. The molecule has 10 heteroatoms. The average Bonchev–Trinajstić information content (AvgIpc) is 3.15. The molecule has 0 fully saturated rings. The highest BCUT2D eigenvalue weighted by Gasteiger charge is 2.11. The van der Waals surface area contributed by atoms with E-state index in [0.717, 1.165) is 17.8 Å². The Balaban J connectivity index is 0.00000420. The largest absolute Gasteiger partial charge is 0.494 e. The van der Waals surface area contributed by atoms with Gasteiger partial charge in [-0.2, -0.15) is 0 Å². The van der Waals surface area contributed by atoms with E-state index < -0.39 is 0 Å². The molecule has 1 unspecified atom stereocenters. The molecule has 0 radical (unpaired) electrons. The highest BCUT2D eigenvalue weighted by Crippen LogP contribution is 2.21. The van der Waals surface area contributed by atoms with Crippen LogP contribution in [0.2, 0.25) is 0 Å². The fourth-order valence-corrected chi connectivity index (χ4v) is 2.68. The van der Waals surface area contributed by atoms with Gasteiger partial charge in [-0.05, 0) is 24.6 Å². The number of aliphatic imine (C=N–C) groups is 1. The van der Waals surface area contributed by atoms with Crippen LogP contribution in [-0.4, -0.2) is 54.6 Å². The highest BCUT2D eigenvalue weighted by atomic mass is 127. The van der Waals surface area contributed by atoms with Crippen LogP contribution in [0.15, 0.2) is 29.5 Å².